The van der Waals surface area contributed by atoms with Crippen LogP contribution in [-0.2, 0) is 9.59 Å². The second-order valence-electron chi connectivity index (χ2n) is 9.39. The molecule has 0 saturated carbocycles. The Morgan fingerprint density at radius 3 is 2.52 bits per heavy atom. The number of Topliss-reactive ketones (excluding diaryl/α,β-unsaturated/α-hetero) is 1. The Bertz CT molecular complexity index is 865. The fourth-order valence-corrected chi connectivity index (χ4v) is 6.05. The minimum absolute atomic E-state index is 0.0184. The molecule has 1 fully saturated rings. The van der Waals surface area contributed by atoms with Crippen molar-refractivity contribution in [3.63, 3.8) is 0 Å². The van der Waals surface area contributed by atoms with Crippen LogP contribution in [0.3, 0.4) is 0 Å². The van der Waals surface area contributed by atoms with E-state index in [1.54, 1.807) is 11.8 Å². The molecule has 3 aliphatic rings. The number of nitrogens with zero attached hydrogens (tertiary/aromatic N) is 1. The smallest absolute Gasteiger partial charge is 0.229 e. The van der Waals surface area contributed by atoms with Crippen molar-refractivity contribution in [2.24, 2.45) is 11.8 Å². The molecule has 168 valence electrons. The van der Waals surface area contributed by atoms with Crippen LogP contribution in [0.15, 0.2) is 35.5 Å². The third-order valence-corrected chi connectivity index (χ3v) is 7.53. The summed E-state index contributed by atoms with van der Waals surface area (Å²) in [5.74, 6) is 1.25. The molecule has 1 aliphatic carbocycles. The first kappa shape index (κ1) is 22.2. The van der Waals surface area contributed by atoms with Crippen LogP contribution in [0.2, 0.25) is 0 Å². The average molecular weight is 443 g/mol. The normalized spacial score (nSPS) is 28.0. The number of amides is 1. The Morgan fingerprint density at radius 2 is 1.84 bits per heavy atom. The molecule has 0 aromatic heterocycles. The highest BCUT2D eigenvalue weighted by molar-refractivity contribution is 7.99. The van der Waals surface area contributed by atoms with E-state index in [0.29, 0.717) is 12.3 Å². The minimum atomic E-state index is -0.354. The Kier molecular flexibility index (Phi) is 6.63. The summed E-state index contributed by atoms with van der Waals surface area (Å²) in [6.07, 6.45) is 3.24. The van der Waals surface area contributed by atoms with E-state index in [-0.39, 0.29) is 35.2 Å². The molecule has 1 aromatic rings. The van der Waals surface area contributed by atoms with Gasteiger partial charge in [-0.1, -0.05) is 26.0 Å². The molecule has 0 spiro atoms. The summed E-state index contributed by atoms with van der Waals surface area (Å²) >= 11 is 1.75. The van der Waals surface area contributed by atoms with Gasteiger partial charge in [0.25, 0.3) is 0 Å². The number of carbonyl (C=O) groups is 2. The average Bonchev–Trinajstić information content (AvgIpc) is 2.72. The second-order valence-corrected chi connectivity index (χ2v) is 10.6. The predicted molar refractivity (Wildman–Crippen MR) is 127 cm³/mol. The van der Waals surface area contributed by atoms with E-state index >= 15 is 0 Å². The molecule has 4 atom stereocenters. The SMILES string of the molecule is CC(C)CCSC1NC(=O)C2C(NC3=C(C(=O)CCC3)C2c2ccc(N(C)C)cc2)N1. The number of benzene rings is 1. The van der Waals surface area contributed by atoms with Gasteiger partial charge >= 0.3 is 0 Å². The molecule has 0 bridgehead atoms. The molecule has 6 nitrogen and oxygen atoms in total. The molecule has 1 aromatic carbocycles. The third-order valence-electron chi connectivity index (χ3n) is 6.47. The van der Waals surface area contributed by atoms with Crippen molar-refractivity contribution in [2.75, 3.05) is 24.7 Å². The maximum absolute atomic E-state index is 13.3. The topological polar surface area (TPSA) is 73.5 Å². The molecule has 1 saturated heterocycles. The lowest BCUT2D eigenvalue weighted by Gasteiger charge is -2.47. The van der Waals surface area contributed by atoms with E-state index in [2.05, 4.69) is 59.0 Å². The first-order valence-electron chi connectivity index (χ1n) is 11.3. The van der Waals surface area contributed by atoms with Gasteiger partial charge in [-0.05, 0) is 48.6 Å². The Morgan fingerprint density at radius 1 is 1.10 bits per heavy atom. The maximum atomic E-state index is 13.3. The van der Waals surface area contributed by atoms with Crippen LogP contribution < -0.4 is 20.9 Å². The highest BCUT2D eigenvalue weighted by Gasteiger charge is 2.49. The lowest BCUT2D eigenvalue weighted by Crippen LogP contribution is -2.67. The molecule has 0 radical (unpaired) electrons. The van der Waals surface area contributed by atoms with E-state index < -0.39 is 0 Å². The summed E-state index contributed by atoms with van der Waals surface area (Å²) in [5, 5.41) is 10.3. The Hall–Kier alpha value is -1.99. The zero-order valence-electron chi connectivity index (χ0n) is 18.9. The zero-order valence-corrected chi connectivity index (χ0v) is 19.7. The van der Waals surface area contributed by atoms with Crippen LogP contribution in [-0.4, -0.2) is 43.2 Å². The quantitative estimate of drug-likeness (QED) is 0.629. The van der Waals surface area contributed by atoms with Crippen molar-refractivity contribution >= 4 is 29.1 Å². The standard InChI is InChI=1S/C24H34N4O2S/c1-14(2)12-13-31-24-26-22-21(23(30)27-24)19(15-8-10-16(11-9-15)28(3)4)20-17(25-22)6-5-7-18(20)29/h8-11,14,19,21-22,24-26H,5-7,12-13H2,1-4H3,(H,27,30). The first-order valence-corrected chi connectivity index (χ1v) is 12.4. The molecule has 7 heteroatoms. The Balaban J connectivity index is 1.64. The van der Waals surface area contributed by atoms with Crippen LogP contribution in [0.4, 0.5) is 5.69 Å². The van der Waals surface area contributed by atoms with E-state index in [0.717, 1.165) is 47.5 Å². The number of nitrogens with one attached hydrogen (secondary N) is 3. The van der Waals surface area contributed by atoms with Gasteiger partial charge in [-0.3, -0.25) is 14.9 Å². The van der Waals surface area contributed by atoms with Gasteiger partial charge < -0.3 is 15.5 Å². The molecule has 31 heavy (non-hydrogen) atoms. The summed E-state index contributed by atoms with van der Waals surface area (Å²) < 4.78 is 0. The summed E-state index contributed by atoms with van der Waals surface area (Å²) in [6, 6.07) is 8.29. The molecule has 4 unspecified atom stereocenters. The number of thioether (sulfide) groups is 1. The molecular weight excluding hydrogens is 408 g/mol. The van der Waals surface area contributed by atoms with E-state index in [1.165, 1.54) is 0 Å². The molecule has 4 rings (SSSR count). The van der Waals surface area contributed by atoms with Crippen molar-refractivity contribution in [1.29, 1.82) is 0 Å². The number of hydrogen-bond donors (Lipinski definition) is 3. The largest absolute Gasteiger partial charge is 0.378 e. The highest BCUT2D eigenvalue weighted by atomic mass is 32.2. The maximum Gasteiger partial charge on any atom is 0.229 e. The number of hydrogen-bond acceptors (Lipinski definition) is 6. The molecule has 1 amide bonds. The number of rotatable bonds is 6. The van der Waals surface area contributed by atoms with E-state index in [9.17, 15) is 9.59 Å². The van der Waals surface area contributed by atoms with E-state index in [1.807, 2.05) is 14.1 Å². The van der Waals surface area contributed by atoms with Gasteiger partial charge in [0.05, 0.1) is 12.1 Å². The van der Waals surface area contributed by atoms with Gasteiger partial charge in [0.1, 0.15) is 5.50 Å². The van der Waals surface area contributed by atoms with Crippen molar-refractivity contribution in [1.82, 2.24) is 16.0 Å². The molecular formula is C24H34N4O2S. The van der Waals surface area contributed by atoms with Crippen molar-refractivity contribution in [3.8, 4) is 0 Å². The predicted octanol–water partition coefficient (Wildman–Crippen LogP) is 3.17. The number of ketones is 1. The van der Waals surface area contributed by atoms with Crippen molar-refractivity contribution in [3.05, 3.63) is 41.1 Å². The number of carbonyl (C=O) groups excluding carboxylic acids is 2. The molecule has 2 aliphatic heterocycles. The van der Waals surface area contributed by atoms with Crippen molar-refractivity contribution < 1.29 is 9.59 Å². The molecule has 2 heterocycles. The number of fused-ring (bicyclic) bond motifs is 1. The lowest BCUT2D eigenvalue weighted by molar-refractivity contribution is -0.130. The summed E-state index contributed by atoms with van der Waals surface area (Å²) in [4.78, 5) is 28.4. The number of allylic oxidation sites excluding steroid dienone is 2. The van der Waals surface area contributed by atoms with Gasteiger partial charge in [0.15, 0.2) is 5.78 Å². The van der Waals surface area contributed by atoms with Crippen LogP contribution in [0.25, 0.3) is 0 Å². The number of anilines is 1. The van der Waals surface area contributed by atoms with Crippen molar-refractivity contribution in [2.45, 2.75) is 57.1 Å². The van der Waals surface area contributed by atoms with Crippen LogP contribution in [0, 0.1) is 11.8 Å². The van der Waals surface area contributed by atoms with Crippen LogP contribution in [0.1, 0.15) is 51.0 Å². The van der Waals surface area contributed by atoms with Gasteiger partial charge in [-0.15, -0.1) is 11.8 Å². The minimum Gasteiger partial charge on any atom is -0.378 e. The van der Waals surface area contributed by atoms with E-state index in [4.69, 9.17) is 0 Å². The van der Waals surface area contributed by atoms with Gasteiger partial charge in [0, 0.05) is 43.4 Å². The van der Waals surface area contributed by atoms with Gasteiger partial charge in [-0.25, -0.2) is 0 Å². The van der Waals surface area contributed by atoms with Gasteiger partial charge in [0.2, 0.25) is 5.91 Å². The molecule has 3 N–H and O–H groups in total. The fraction of sp³-hybridized carbons (Fsp3) is 0.583. The van der Waals surface area contributed by atoms with Gasteiger partial charge in [-0.2, -0.15) is 0 Å². The summed E-state index contributed by atoms with van der Waals surface area (Å²) in [5.41, 5.74) is 3.86. The lowest BCUT2D eigenvalue weighted by atomic mass is 9.70. The first-order chi connectivity index (χ1) is 14.8. The summed E-state index contributed by atoms with van der Waals surface area (Å²) in [7, 11) is 4.02. The van der Waals surface area contributed by atoms with Crippen LogP contribution >= 0.6 is 11.8 Å². The van der Waals surface area contributed by atoms with Crippen LogP contribution in [0.5, 0.6) is 0 Å². The monoisotopic (exact) mass is 442 g/mol. The summed E-state index contributed by atoms with van der Waals surface area (Å²) in [6.45, 7) is 4.43. The highest BCUT2D eigenvalue weighted by Crippen LogP contribution is 2.44. The Labute approximate surface area is 189 Å². The second kappa shape index (κ2) is 9.25. The third kappa shape index (κ3) is 4.62. The zero-order chi connectivity index (χ0) is 22.1. The fourth-order valence-electron chi connectivity index (χ4n) is 4.77.